The lowest BCUT2D eigenvalue weighted by Crippen LogP contribution is -2.46. The molecule has 5 nitrogen and oxygen atoms in total. The summed E-state index contributed by atoms with van der Waals surface area (Å²) in [5.74, 6) is 0.0821. The van der Waals surface area contributed by atoms with Gasteiger partial charge in [-0.05, 0) is 49.9 Å². The molecule has 2 rings (SSSR count). The lowest BCUT2D eigenvalue weighted by Gasteiger charge is -2.39. The Labute approximate surface area is 142 Å². The Kier molecular flexibility index (Phi) is 6.99. The smallest absolute Gasteiger partial charge is 0.234 e. The molecule has 1 aliphatic rings. The Morgan fingerprint density at radius 1 is 1.42 bits per heavy atom. The van der Waals surface area contributed by atoms with E-state index in [-0.39, 0.29) is 23.7 Å². The van der Waals surface area contributed by atoms with Crippen LogP contribution in [0.5, 0.6) is 5.75 Å². The van der Waals surface area contributed by atoms with Crippen molar-refractivity contribution in [3.8, 4) is 5.75 Å². The number of hydrogen-bond donors (Lipinski definition) is 2. The molecular weight excluding hydrogens is 311 g/mol. The highest BCUT2D eigenvalue weighted by Crippen LogP contribution is 2.33. The first kappa shape index (κ1) is 18.7. The highest BCUT2D eigenvalue weighted by Gasteiger charge is 2.32. The average molecular weight is 338 g/mol. The fourth-order valence-corrected chi connectivity index (χ4v) is 2.98. The van der Waals surface area contributed by atoms with Crippen molar-refractivity contribution in [1.82, 2.24) is 10.2 Å². The van der Waals surface area contributed by atoms with Crippen LogP contribution in [0, 0.1) is 11.2 Å². The summed E-state index contributed by atoms with van der Waals surface area (Å²) in [4.78, 5) is 14.1. The van der Waals surface area contributed by atoms with Crippen molar-refractivity contribution < 1.29 is 19.0 Å². The molecule has 134 valence electrons. The Balaban J connectivity index is 1.62. The molecule has 0 aliphatic carbocycles. The normalized spacial score (nSPS) is 17.5. The molecule has 1 aromatic carbocycles. The SMILES string of the molecule is CCC1(CO)CCN(CC(=O)NCCOc2cccc(F)c2)CC1. The van der Waals surface area contributed by atoms with Gasteiger partial charge in [0.25, 0.3) is 0 Å². The molecule has 0 spiro atoms. The summed E-state index contributed by atoms with van der Waals surface area (Å²) >= 11 is 0. The van der Waals surface area contributed by atoms with Gasteiger partial charge in [-0.25, -0.2) is 4.39 Å². The number of nitrogens with one attached hydrogen (secondary N) is 1. The average Bonchev–Trinajstić information content (AvgIpc) is 2.60. The van der Waals surface area contributed by atoms with Crippen molar-refractivity contribution in [3.05, 3.63) is 30.1 Å². The van der Waals surface area contributed by atoms with Gasteiger partial charge in [0.2, 0.25) is 5.91 Å². The Morgan fingerprint density at radius 3 is 2.79 bits per heavy atom. The van der Waals surface area contributed by atoms with Crippen molar-refractivity contribution in [1.29, 1.82) is 0 Å². The van der Waals surface area contributed by atoms with Crippen LogP contribution in [0.2, 0.25) is 0 Å². The van der Waals surface area contributed by atoms with Crippen LogP contribution in [-0.2, 0) is 4.79 Å². The second-order valence-corrected chi connectivity index (χ2v) is 6.44. The van der Waals surface area contributed by atoms with Crippen LogP contribution in [-0.4, -0.2) is 55.3 Å². The maximum absolute atomic E-state index is 13.0. The number of carbonyl (C=O) groups is 1. The van der Waals surface area contributed by atoms with Crippen molar-refractivity contribution in [2.75, 3.05) is 39.4 Å². The van der Waals surface area contributed by atoms with Gasteiger partial charge in [0.05, 0.1) is 13.1 Å². The quantitative estimate of drug-likeness (QED) is 0.710. The zero-order chi connectivity index (χ0) is 17.4. The van der Waals surface area contributed by atoms with Gasteiger partial charge in [0, 0.05) is 12.7 Å². The molecule has 1 aromatic rings. The molecule has 0 saturated carbocycles. The minimum absolute atomic E-state index is 0.0335. The first-order valence-corrected chi connectivity index (χ1v) is 8.55. The van der Waals surface area contributed by atoms with E-state index in [4.69, 9.17) is 4.74 Å². The summed E-state index contributed by atoms with van der Waals surface area (Å²) in [6.45, 7) is 5.06. The second-order valence-electron chi connectivity index (χ2n) is 6.44. The molecule has 1 fully saturated rings. The van der Waals surface area contributed by atoms with Crippen LogP contribution in [0.3, 0.4) is 0 Å². The minimum atomic E-state index is -0.340. The van der Waals surface area contributed by atoms with Crippen LogP contribution < -0.4 is 10.1 Å². The van der Waals surface area contributed by atoms with Gasteiger partial charge in [0.15, 0.2) is 0 Å². The molecule has 0 aromatic heterocycles. The predicted octanol–water partition coefficient (Wildman–Crippen LogP) is 1.81. The molecule has 24 heavy (non-hydrogen) atoms. The topological polar surface area (TPSA) is 61.8 Å². The van der Waals surface area contributed by atoms with Gasteiger partial charge in [0.1, 0.15) is 18.2 Å². The van der Waals surface area contributed by atoms with Gasteiger partial charge in [-0.1, -0.05) is 13.0 Å². The maximum atomic E-state index is 13.0. The van der Waals surface area contributed by atoms with Crippen molar-refractivity contribution in [2.24, 2.45) is 5.41 Å². The third-order valence-electron chi connectivity index (χ3n) is 4.86. The fraction of sp³-hybridized carbons (Fsp3) is 0.611. The first-order chi connectivity index (χ1) is 11.6. The number of benzene rings is 1. The van der Waals surface area contributed by atoms with E-state index in [1.165, 1.54) is 12.1 Å². The lowest BCUT2D eigenvalue weighted by molar-refractivity contribution is -0.123. The van der Waals surface area contributed by atoms with Crippen LogP contribution >= 0.6 is 0 Å². The van der Waals surface area contributed by atoms with Crippen LogP contribution in [0.1, 0.15) is 26.2 Å². The van der Waals surface area contributed by atoms with Gasteiger partial charge in [-0.15, -0.1) is 0 Å². The first-order valence-electron chi connectivity index (χ1n) is 8.55. The summed E-state index contributed by atoms with van der Waals surface area (Å²) in [6, 6.07) is 5.94. The van der Waals surface area contributed by atoms with E-state index in [1.807, 2.05) is 0 Å². The van der Waals surface area contributed by atoms with Gasteiger partial charge >= 0.3 is 0 Å². The second kappa shape index (κ2) is 8.99. The molecule has 0 radical (unpaired) electrons. The standard InChI is InChI=1S/C18H27FN2O3/c1-2-18(14-22)6-9-21(10-7-18)13-17(23)20-8-11-24-16-5-3-4-15(19)12-16/h3-5,12,22H,2,6-11,13-14H2,1H3,(H,20,23). The molecule has 2 N–H and O–H groups in total. The van der Waals surface area contributed by atoms with Crippen LogP contribution in [0.15, 0.2) is 24.3 Å². The number of aliphatic hydroxyl groups excluding tert-OH is 1. The molecule has 0 bridgehead atoms. The zero-order valence-corrected chi connectivity index (χ0v) is 14.3. The Bertz CT molecular complexity index is 525. The molecule has 6 heteroatoms. The van der Waals surface area contributed by atoms with Gasteiger partial charge in [-0.2, -0.15) is 0 Å². The lowest BCUT2D eigenvalue weighted by atomic mass is 9.77. The summed E-state index contributed by atoms with van der Waals surface area (Å²) < 4.78 is 18.4. The molecule has 0 atom stereocenters. The molecule has 1 aliphatic heterocycles. The highest BCUT2D eigenvalue weighted by molar-refractivity contribution is 5.78. The Hall–Kier alpha value is -1.66. The third kappa shape index (κ3) is 5.46. The number of likely N-dealkylation sites (tertiary alicyclic amines) is 1. The fourth-order valence-electron chi connectivity index (χ4n) is 2.98. The van der Waals surface area contributed by atoms with E-state index in [1.54, 1.807) is 12.1 Å². The molecular formula is C18H27FN2O3. The summed E-state index contributed by atoms with van der Waals surface area (Å²) in [7, 11) is 0. The third-order valence-corrected chi connectivity index (χ3v) is 4.86. The number of ether oxygens (including phenoxy) is 1. The Morgan fingerprint density at radius 2 is 2.17 bits per heavy atom. The van der Waals surface area contributed by atoms with Crippen molar-refractivity contribution >= 4 is 5.91 Å². The number of piperidine rings is 1. The highest BCUT2D eigenvalue weighted by atomic mass is 19.1. The zero-order valence-electron chi connectivity index (χ0n) is 14.3. The molecule has 1 heterocycles. The van der Waals surface area contributed by atoms with Crippen LogP contribution in [0.4, 0.5) is 4.39 Å². The van der Waals surface area contributed by atoms with E-state index in [0.717, 1.165) is 32.4 Å². The number of halogens is 1. The number of rotatable bonds is 8. The van der Waals surface area contributed by atoms with E-state index < -0.39 is 0 Å². The maximum Gasteiger partial charge on any atom is 0.234 e. The van der Waals surface area contributed by atoms with Crippen LogP contribution in [0.25, 0.3) is 0 Å². The van der Waals surface area contributed by atoms with E-state index in [2.05, 4.69) is 17.1 Å². The molecule has 1 amide bonds. The van der Waals surface area contributed by atoms with E-state index in [0.29, 0.717) is 25.4 Å². The predicted molar refractivity (Wildman–Crippen MR) is 90.4 cm³/mol. The van der Waals surface area contributed by atoms with E-state index in [9.17, 15) is 14.3 Å². The van der Waals surface area contributed by atoms with Gasteiger partial charge < -0.3 is 15.2 Å². The van der Waals surface area contributed by atoms with E-state index >= 15 is 0 Å². The van der Waals surface area contributed by atoms with Crippen molar-refractivity contribution in [3.63, 3.8) is 0 Å². The molecule has 1 saturated heterocycles. The number of aliphatic hydroxyl groups is 1. The number of nitrogens with zero attached hydrogens (tertiary/aromatic N) is 1. The minimum Gasteiger partial charge on any atom is -0.492 e. The van der Waals surface area contributed by atoms with Gasteiger partial charge in [-0.3, -0.25) is 9.69 Å². The molecule has 0 unspecified atom stereocenters. The summed E-state index contributed by atoms with van der Waals surface area (Å²) in [6.07, 6.45) is 2.83. The largest absolute Gasteiger partial charge is 0.492 e. The number of carbonyl (C=O) groups excluding carboxylic acids is 1. The summed E-state index contributed by atoms with van der Waals surface area (Å²) in [5, 5.41) is 12.3. The van der Waals surface area contributed by atoms with Crippen molar-refractivity contribution in [2.45, 2.75) is 26.2 Å². The number of amides is 1. The monoisotopic (exact) mass is 338 g/mol. The number of hydrogen-bond acceptors (Lipinski definition) is 4. The summed E-state index contributed by atoms with van der Waals surface area (Å²) in [5.41, 5.74) is 0.0335.